The summed E-state index contributed by atoms with van der Waals surface area (Å²) in [6.07, 6.45) is 4.54. The van der Waals surface area contributed by atoms with Crippen LogP contribution in [0.4, 0.5) is 0 Å². The molecule has 0 fully saturated rings. The molecule has 112 valence electrons. The van der Waals surface area contributed by atoms with E-state index in [4.69, 9.17) is 11.6 Å². The van der Waals surface area contributed by atoms with Crippen molar-refractivity contribution >= 4 is 28.9 Å². The van der Waals surface area contributed by atoms with Crippen molar-refractivity contribution in [3.05, 3.63) is 45.1 Å². The molecule has 0 unspecified atom stereocenters. The highest BCUT2D eigenvalue weighted by atomic mass is 35.5. The molecular weight excluding hydrogens is 306 g/mol. The molecule has 2 rings (SSSR count). The van der Waals surface area contributed by atoms with E-state index >= 15 is 0 Å². The summed E-state index contributed by atoms with van der Waals surface area (Å²) in [5.74, 6) is 0.762. The van der Waals surface area contributed by atoms with E-state index in [2.05, 4.69) is 32.5 Å². The number of pyridine rings is 1. The fraction of sp³-hybridized carbons (Fsp3) is 0.357. The van der Waals surface area contributed by atoms with E-state index in [0.29, 0.717) is 11.7 Å². The summed E-state index contributed by atoms with van der Waals surface area (Å²) >= 11 is 7.48. The SMILES string of the molecule is CN=C(NCCc1ncc(C)s1)NCc1ccc(Cl)nc1. The van der Waals surface area contributed by atoms with Crippen molar-refractivity contribution in [2.75, 3.05) is 13.6 Å². The maximum atomic E-state index is 5.76. The molecule has 0 spiro atoms. The number of aryl methyl sites for hydroxylation is 1. The lowest BCUT2D eigenvalue weighted by Crippen LogP contribution is -2.37. The first-order valence-electron chi connectivity index (χ1n) is 6.63. The Morgan fingerprint density at radius 3 is 2.76 bits per heavy atom. The number of nitrogens with one attached hydrogen (secondary N) is 2. The molecule has 0 aliphatic heterocycles. The van der Waals surface area contributed by atoms with Gasteiger partial charge in [-0.25, -0.2) is 9.97 Å². The molecule has 2 heterocycles. The summed E-state index contributed by atoms with van der Waals surface area (Å²) in [6, 6.07) is 3.72. The van der Waals surface area contributed by atoms with Crippen LogP contribution in [0.2, 0.25) is 5.15 Å². The van der Waals surface area contributed by atoms with E-state index in [1.165, 1.54) is 4.88 Å². The Kier molecular flexibility index (Phi) is 5.95. The summed E-state index contributed by atoms with van der Waals surface area (Å²) in [5.41, 5.74) is 1.05. The van der Waals surface area contributed by atoms with Gasteiger partial charge in [0.15, 0.2) is 5.96 Å². The van der Waals surface area contributed by atoms with Crippen LogP contribution in [0.15, 0.2) is 29.5 Å². The second-order valence-electron chi connectivity index (χ2n) is 4.46. The molecule has 0 saturated carbocycles. The van der Waals surface area contributed by atoms with Gasteiger partial charge in [0.25, 0.3) is 0 Å². The van der Waals surface area contributed by atoms with Crippen LogP contribution in [-0.2, 0) is 13.0 Å². The van der Waals surface area contributed by atoms with Gasteiger partial charge in [0.2, 0.25) is 0 Å². The molecule has 0 atom stereocenters. The van der Waals surface area contributed by atoms with E-state index in [-0.39, 0.29) is 0 Å². The average molecular weight is 324 g/mol. The second kappa shape index (κ2) is 7.95. The second-order valence-corrected chi connectivity index (χ2v) is 6.16. The Balaban J connectivity index is 1.74. The van der Waals surface area contributed by atoms with Gasteiger partial charge in [0, 0.05) is 43.8 Å². The van der Waals surface area contributed by atoms with Crippen LogP contribution in [0.3, 0.4) is 0 Å². The maximum absolute atomic E-state index is 5.76. The topological polar surface area (TPSA) is 62.2 Å². The highest BCUT2D eigenvalue weighted by molar-refractivity contribution is 7.11. The van der Waals surface area contributed by atoms with Crippen molar-refractivity contribution in [3.8, 4) is 0 Å². The van der Waals surface area contributed by atoms with Crippen LogP contribution in [0.25, 0.3) is 0 Å². The molecule has 2 N–H and O–H groups in total. The summed E-state index contributed by atoms with van der Waals surface area (Å²) < 4.78 is 0. The Morgan fingerprint density at radius 1 is 1.29 bits per heavy atom. The van der Waals surface area contributed by atoms with Gasteiger partial charge in [-0.3, -0.25) is 4.99 Å². The molecule has 0 saturated heterocycles. The molecule has 0 aliphatic carbocycles. The van der Waals surface area contributed by atoms with E-state index in [1.807, 2.05) is 12.3 Å². The fourth-order valence-electron chi connectivity index (χ4n) is 1.72. The van der Waals surface area contributed by atoms with Gasteiger partial charge in [-0.15, -0.1) is 11.3 Å². The lowest BCUT2D eigenvalue weighted by molar-refractivity contribution is 0.790. The van der Waals surface area contributed by atoms with Crippen LogP contribution in [0.5, 0.6) is 0 Å². The molecule has 0 radical (unpaired) electrons. The minimum Gasteiger partial charge on any atom is -0.356 e. The molecule has 2 aromatic heterocycles. The van der Waals surface area contributed by atoms with Crippen LogP contribution >= 0.6 is 22.9 Å². The summed E-state index contributed by atoms with van der Waals surface area (Å²) in [4.78, 5) is 13.8. The van der Waals surface area contributed by atoms with Crippen LogP contribution in [-0.4, -0.2) is 29.5 Å². The van der Waals surface area contributed by atoms with E-state index in [1.54, 1.807) is 30.6 Å². The zero-order chi connectivity index (χ0) is 15.1. The minimum atomic E-state index is 0.500. The van der Waals surface area contributed by atoms with Gasteiger partial charge in [0.1, 0.15) is 5.15 Å². The van der Waals surface area contributed by atoms with Crippen LogP contribution < -0.4 is 10.6 Å². The Hall–Kier alpha value is -1.66. The number of halogens is 1. The van der Waals surface area contributed by atoms with Gasteiger partial charge in [-0.2, -0.15) is 0 Å². The summed E-state index contributed by atoms with van der Waals surface area (Å²) in [7, 11) is 1.75. The number of aliphatic imine (C=N–C) groups is 1. The van der Waals surface area contributed by atoms with Crippen molar-refractivity contribution < 1.29 is 0 Å². The lowest BCUT2D eigenvalue weighted by Gasteiger charge is -2.11. The zero-order valence-electron chi connectivity index (χ0n) is 12.1. The number of guanidine groups is 1. The Labute approximate surface area is 133 Å². The number of aromatic nitrogens is 2. The standard InChI is InChI=1S/C14H18ClN5S/c1-10-7-19-13(21-10)5-6-17-14(16-2)20-9-11-3-4-12(15)18-8-11/h3-4,7-8H,5-6,9H2,1-2H3,(H2,16,17,20). The first-order chi connectivity index (χ1) is 10.2. The Bertz CT molecular complexity index is 594. The number of thiazole rings is 1. The maximum Gasteiger partial charge on any atom is 0.191 e. The quantitative estimate of drug-likeness (QED) is 0.504. The molecule has 2 aromatic rings. The Morgan fingerprint density at radius 2 is 2.14 bits per heavy atom. The lowest BCUT2D eigenvalue weighted by atomic mass is 10.3. The fourth-order valence-corrected chi connectivity index (χ4v) is 2.62. The number of hydrogen-bond donors (Lipinski definition) is 2. The first kappa shape index (κ1) is 15.7. The third-order valence-electron chi connectivity index (χ3n) is 2.77. The van der Waals surface area contributed by atoms with E-state index in [0.717, 1.165) is 29.5 Å². The minimum absolute atomic E-state index is 0.500. The molecule has 0 aromatic carbocycles. The number of nitrogens with zero attached hydrogens (tertiary/aromatic N) is 3. The van der Waals surface area contributed by atoms with E-state index < -0.39 is 0 Å². The van der Waals surface area contributed by atoms with Crippen molar-refractivity contribution in [2.24, 2.45) is 4.99 Å². The normalized spacial score (nSPS) is 11.5. The predicted octanol–water partition coefficient (Wildman–Crippen LogP) is 2.41. The van der Waals surface area contributed by atoms with Crippen LogP contribution in [0, 0.1) is 6.92 Å². The molecule has 0 aliphatic rings. The molecule has 7 heteroatoms. The number of rotatable bonds is 5. The largest absolute Gasteiger partial charge is 0.356 e. The predicted molar refractivity (Wildman–Crippen MR) is 88.0 cm³/mol. The zero-order valence-corrected chi connectivity index (χ0v) is 13.6. The van der Waals surface area contributed by atoms with Gasteiger partial charge >= 0.3 is 0 Å². The molecular formula is C14H18ClN5S. The number of hydrogen-bond acceptors (Lipinski definition) is 4. The van der Waals surface area contributed by atoms with Gasteiger partial charge < -0.3 is 10.6 Å². The van der Waals surface area contributed by atoms with Crippen molar-refractivity contribution in [2.45, 2.75) is 19.9 Å². The van der Waals surface area contributed by atoms with Crippen molar-refractivity contribution in [1.29, 1.82) is 0 Å². The molecule has 0 amide bonds. The van der Waals surface area contributed by atoms with Gasteiger partial charge in [-0.05, 0) is 18.6 Å². The first-order valence-corrected chi connectivity index (χ1v) is 7.83. The third kappa shape index (κ3) is 5.32. The summed E-state index contributed by atoms with van der Waals surface area (Å²) in [6.45, 7) is 3.51. The van der Waals surface area contributed by atoms with Gasteiger partial charge in [0.05, 0.1) is 5.01 Å². The summed E-state index contributed by atoms with van der Waals surface area (Å²) in [5, 5.41) is 8.14. The molecule has 5 nitrogen and oxygen atoms in total. The monoisotopic (exact) mass is 323 g/mol. The highest BCUT2D eigenvalue weighted by Crippen LogP contribution is 2.10. The third-order valence-corrected chi connectivity index (χ3v) is 3.97. The molecule has 21 heavy (non-hydrogen) atoms. The highest BCUT2D eigenvalue weighted by Gasteiger charge is 2.01. The average Bonchev–Trinajstić information content (AvgIpc) is 2.90. The van der Waals surface area contributed by atoms with Crippen molar-refractivity contribution in [1.82, 2.24) is 20.6 Å². The smallest absolute Gasteiger partial charge is 0.191 e. The molecule has 0 bridgehead atoms. The van der Waals surface area contributed by atoms with Crippen LogP contribution in [0.1, 0.15) is 15.4 Å². The van der Waals surface area contributed by atoms with Gasteiger partial charge in [-0.1, -0.05) is 17.7 Å². The van der Waals surface area contributed by atoms with Crippen molar-refractivity contribution in [3.63, 3.8) is 0 Å². The van der Waals surface area contributed by atoms with E-state index in [9.17, 15) is 0 Å².